The van der Waals surface area contributed by atoms with E-state index in [4.69, 9.17) is 9.97 Å². The Labute approximate surface area is 125 Å². The lowest BCUT2D eigenvalue weighted by molar-refractivity contribution is 0.549. The van der Waals surface area contributed by atoms with Crippen molar-refractivity contribution >= 4 is 0 Å². The van der Waals surface area contributed by atoms with Gasteiger partial charge in [-0.25, -0.2) is 9.97 Å². The molecule has 4 rings (SSSR count). The molecule has 3 heteroatoms. The van der Waals surface area contributed by atoms with Crippen molar-refractivity contribution in [3.05, 3.63) is 58.2 Å². The first-order valence-corrected chi connectivity index (χ1v) is 8.01. The van der Waals surface area contributed by atoms with Crippen molar-refractivity contribution in [3.63, 3.8) is 0 Å². The molecule has 1 aliphatic heterocycles. The second-order valence-corrected chi connectivity index (χ2v) is 6.12. The molecule has 2 aromatic rings. The third-order valence-corrected chi connectivity index (χ3v) is 4.84. The molecule has 1 aliphatic carbocycles. The van der Waals surface area contributed by atoms with Gasteiger partial charge in [0.05, 0.1) is 5.69 Å². The standard InChI is InChI=1S/C18H21N3/c1-2-16-15-10-19-11-17(15)21-18(20-16)14-8-7-12-5-3-4-6-13(12)9-14/h3-6,14,19H,2,7-11H2,1H3. The topological polar surface area (TPSA) is 37.8 Å². The van der Waals surface area contributed by atoms with Gasteiger partial charge in [-0.3, -0.25) is 0 Å². The highest BCUT2D eigenvalue weighted by molar-refractivity contribution is 5.34. The van der Waals surface area contributed by atoms with Crippen LogP contribution in [0.15, 0.2) is 24.3 Å². The number of fused-ring (bicyclic) bond motifs is 2. The maximum Gasteiger partial charge on any atom is 0.132 e. The lowest BCUT2D eigenvalue weighted by Crippen LogP contribution is -2.17. The number of aryl methyl sites for hydroxylation is 2. The highest BCUT2D eigenvalue weighted by Crippen LogP contribution is 2.32. The van der Waals surface area contributed by atoms with Crippen molar-refractivity contribution in [3.8, 4) is 0 Å². The number of benzene rings is 1. The Morgan fingerprint density at radius 3 is 2.86 bits per heavy atom. The summed E-state index contributed by atoms with van der Waals surface area (Å²) in [7, 11) is 0. The van der Waals surface area contributed by atoms with Crippen molar-refractivity contribution in [2.75, 3.05) is 0 Å². The zero-order valence-electron chi connectivity index (χ0n) is 12.5. The van der Waals surface area contributed by atoms with E-state index in [1.165, 1.54) is 34.5 Å². The fraction of sp³-hybridized carbons (Fsp3) is 0.444. The number of nitrogens with one attached hydrogen (secondary N) is 1. The van der Waals surface area contributed by atoms with E-state index in [9.17, 15) is 0 Å². The van der Waals surface area contributed by atoms with Crippen molar-refractivity contribution in [2.24, 2.45) is 0 Å². The van der Waals surface area contributed by atoms with Gasteiger partial charge >= 0.3 is 0 Å². The molecular formula is C18H21N3. The molecule has 3 nitrogen and oxygen atoms in total. The Balaban J connectivity index is 1.69. The fourth-order valence-electron chi connectivity index (χ4n) is 3.65. The van der Waals surface area contributed by atoms with Crippen LogP contribution in [0.5, 0.6) is 0 Å². The number of aromatic nitrogens is 2. The van der Waals surface area contributed by atoms with Crippen LogP contribution in [0.4, 0.5) is 0 Å². The van der Waals surface area contributed by atoms with Gasteiger partial charge < -0.3 is 5.32 Å². The molecule has 108 valence electrons. The maximum absolute atomic E-state index is 4.91. The average Bonchev–Trinajstić information content (AvgIpc) is 3.02. The maximum atomic E-state index is 4.91. The molecule has 0 saturated heterocycles. The molecule has 0 bridgehead atoms. The van der Waals surface area contributed by atoms with E-state index in [0.29, 0.717) is 5.92 Å². The summed E-state index contributed by atoms with van der Waals surface area (Å²) in [6, 6.07) is 8.81. The third-order valence-electron chi connectivity index (χ3n) is 4.84. The molecule has 0 fully saturated rings. The minimum Gasteiger partial charge on any atom is -0.307 e. The van der Waals surface area contributed by atoms with Gasteiger partial charge in [0, 0.05) is 30.3 Å². The molecule has 1 unspecified atom stereocenters. The van der Waals surface area contributed by atoms with Crippen molar-refractivity contribution in [1.82, 2.24) is 15.3 Å². The van der Waals surface area contributed by atoms with E-state index < -0.39 is 0 Å². The summed E-state index contributed by atoms with van der Waals surface area (Å²) in [5, 5.41) is 3.41. The summed E-state index contributed by atoms with van der Waals surface area (Å²) in [5.41, 5.74) is 6.81. The van der Waals surface area contributed by atoms with Crippen LogP contribution >= 0.6 is 0 Å². The lowest BCUT2D eigenvalue weighted by Gasteiger charge is -2.24. The van der Waals surface area contributed by atoms with E-state index in [2.05, 4.69) is 36.5 Å². The monoisotopic (exact) mass is 279 g/mol. The number of hydrogen-bond donors (Lipinski definition) is 1. The van der Waals surface area contributed by atoms with E-state index in [1.807, 2.05) is 0 Å². The van der Waals surface area contributed by atoms with E-state index in [1.54, 1.807) is 0 Å². The molecule has 1 atom stereocenters. The molecule has 1 N–H and O–H groups in total. The van der Waals surface area contributed by atoms with Gasteiger partial charge in [0.15, 0.2) is 0 Å². The molecular weight excluding hydrogens is 258 g/mol. The van der Waals surface area contributed by atoms with E-state index >= 15 is 0 Å². The normalized spacial score (nSPS) is 20.1. The molecule has 0 saturated carbocycles. The first kappa shape index (κ1) is 13.0. The SMILES string of the molecule is CCc1nc(C2CCc3ccccc3C2)nc2c1CNC2. The summed E-state index contributed by atoms with van der Waals surface area (Å²) < 4.78 is 0. The Hall–Kier alpha value is -1.74. The molecule has 1 aromatic carbocycles. The number of rotatable bonds is 2. The van der Waals surface area contributed by atoms with Crippen LogP contribution in [-0.4, -0.2) is 9.97 Å². The Morgan fingerprint density at radius 2 is 2.00 bits per heavy atom. The summed E-state index contributed by atoms with van der Waals surface area (Å²) in [4.78, 5) is 9.79. The predicted octanol–water partition coefficient (Wildman–Crippen LogP) is 2.91. The molecule has 21 heavy (non-hydrogen) atoms. The van der Waals surface area contributed by atoms with Crippen LogP contribution in [0, 0.1) is 0 Å². The zero-order chi connectivity index (χ0) is 14.2. The Bertz CT molecular complexity index is 678. The number of nitrogens with zero attached hydrogens (tertiary/aromatic N) is 2. The van der Waals surface area contributed by atoms with Crippen LogP contribution in [-0.2, 0) is 32.4 Å². The van der Waals surface area contributed by atoms with E-state index in [0.717, 1.165) is 38.2 Å². The van der Waals surface area contributed by atoms with Gasteiger partial charge in [-0.1, -0.05) is 31.2 Å². The molecule has 0 amide bonds. The van der Waals surface area contributed by atoms with Gasteiger partial charge in [0.25, 0.3) is 0 Å². The van der Waals surface area contributed by atoms with Gasteiger partial charge in [-0.15, -0.1) is 0 Å². The van der Waals surface area contributed by atoms with Crippen LogP contribution < -0.4 is 5.32 Å². The average molecular weight is 279 g/mol. The lowest BCUT2D eigenvalue weighted by atomic mass is 9.83. The molecule has 1 aromatic heterocycles. The molecule has 0 radical (unpaired) electrons. The summed E-state index contributed by atoms with van der Waals surface area (Å²) in [6.45, 7) is 4.04. The van der Waals surface area contributed by atoms with Crippen LogP contribution in [0.1, 0.15) is 53.2 Å². The first-order valence-electron chi connectivity index (χ1n) is 8.01. The van der Waals surface area contributed by atoms with Gasteiger partial charge in [-0.2, -0.15) is 0 Å². The quantitative estimate of drug-likeness (QED) is 0.918. The van der Waals surface area contributed by atoms with Gasteiger partial charge in [0.1, 0.15) is 5.82 Å². The van der Waals surface area contributed by atoms with Gasteiger partial charge in [0.2, 0.25) is 0 Å². The molecule has 2 aliphatic rings. The van der Waals surface area contributed by atoms with Crippen molar-refractivity contribution in [1.29, 1.82) is 0 Å². The minimum atomic E-state index is 0.482. The second kappa shape index (κ2) is 5.23. The molecule has 0 spiro atoms. The first-order chi connectivity index (χ1) is 10.3. The second-order valence-electron chi connectivity index (χ2n) is 6.12. The highest BCUT2D eigenvalue weighted by atomic mass is 15.0. The fourth-order valence-corrected chi connectivity index (χ4v) is 3.65. The largest absolute Gasteiger partial charge is 0.307 e. The van der Waals surface area contributed by atoms with Crippen molar-refractivity contribution < 1.29 is 0 Å². The Kier molecular flexibility index (Phi) is 3.23. The van der Waals surface area contributed by atoms with Gasteiger partial charge in [-0.05, 0) is 36.8 Å². The minimum absolute atomic E-state index is 0.482. The zero-order valence-corrected chi connectivity index (χ0v) is 12.5. The highest BCUT2D eigenvalue weighted by Gasteiger charge is 2.25. The van der Waals surface area contributed by atoms with E-state index in [-0.39, 0.29) is 0 Å². The smallest absolute Gasteiger partial charge is 0.132 e. The predicted molar refractivity (Wildman–Crippen MR) is 83.2 cm³/mol. The van der Waals surface area contributed by atoms with Crippen LogP contribution in [0.3, 0.4) is 0 Å². The summed E-state index contributed by atoms with van der Waals surface area (Å²) >= 11 is 0. The summed E-state index contributed by atoms with van der Waals surface area (Å²) in [5.74, 6) is 1.56. The van der Waals surface area contributed by atoms with Crippen LogP contribution in [0.25, 0.3) is 0 Å². The number of hydrogen-bond acceptors (Lipinski definition) is 3. The molecule has 2 heterocycles. The van der Waals surface area contributed by atoms with Crippen molar-refractivity contribution in [2.45, 2.75) is 51.6 Å². The van der Waals surface area contributed by atoms with Crippen LogP contribution in [0.2, 0.25) is 0 Å². The summed E-state index contributed by atoms with van der Waals surface area (Å²) in [6.07, 6.45) is 4.42. The third kappa shape index (κ3) is 2.26. The Morgan fingerprint density at radius 1 is 1.14 bits per heavy atom.